The van der Waals surface area contributed by atoms with E-state index in [2.05, 4.69) is 20.9 Å². The van der Waals surface area contributed by atoms with Crippen LogP contribution in [-0.2, 0) is 11.2 Å². The van der Waals surface area contributed by atoms with Gasteiger partial charge in [0.25, 0.3) is 5.91 Å². The number of aliphatic imine (C=N–C) groups is 1. The lowest BCUT2D eigenvalue weighted by Gasteiger charge is -2.23. The highest BCUT2D eigenvalue weighted by Gasteiger charge is 2.22. The SMILES string of the molecule is CC(C)(C)NC(=O)N[C@@H](Cc1ccc(NC(=O)c2cccc(N=C(N)N)c2)cc1)C(=O)O. The predicted molar refractivity (Wildman–Crippen MR) is 123 cm³/mol. The molecule has 0 saturated carbocycles. The van der Waals surface area contributed by atoms with Crippen LogP contribution in [0.5, 0.6) is 0 Å². The Bertz CT molecular complexity index is 1010. The highest BCUT2D eigenvalue weighted by atomic mass is 16.4. The number of aliphatic carboxylic acids is 1. The number of nitrogens with two attached hydrogens (primary N) is 2. The van der Waals surface area contributed by atoms with Crippen molar-refractivity contribution in [2.75, 3.05) is 5.32 Å². The van der Waals surface area contributed by atoms with Gasteiger partial charge in [-0.05, 0) is 56.7 Å². The largest absolute Gasteiger partial charge is 0.480 e. The van der Waals surface area contributed by atoms with Gasteiger partial charge in [0, 0.05) is 23.2 Å². The Morgan fingerprint density at radius 2 is 1.72 bits per heavy atom. The van der Waals surface area contributed by atoms with Gasteiger partial charge in [-0.15, -0.1) is 0 Å². The number of benzene rings is 2. The summed E-state index contributed by atoms with van der Waals surface area (Å²) in [5, 5.41) is 17.3. The number of rotatable bonds is 7. The molecular weight excluding hydrogens is 412 g/mol. The van der Waals surface area contributed by atoms with Crippen molar-refractivity contribution in [1.82, 2.24) is 10.6 Å². The minimum Gasteiger partial charge on any atom is -0.480 e. The van der Waals surface area contributed by atoms with Crippen LogP contribution in [0.15, 0.2) is 53.5 Å². The number of nitrogens with zero attached hydrogens (tertiary/aromatic N) is 1. The number of carbonyl (C=O) groups excluding carboxylic acids is 2. The van der Waals surface area contributed by atoms with Gasteiger partial charge in [-0.1, -0.05) is 18.2 Å². The maximum atomic E-state index is 12.5. The summed E-state index contributed by atoms with van der Waals surface area (Å²) in [6.07, 6.45) is 0.0850. The fourth-order valence-corrected chi connectivity index (χ4v) is 2.76. The van der Waals surface area contributed by atoms with Gasteiger partial charge in [-0.3, -0.25) is 4.79 Å². The van der Waals surface area contributed by atoms with Crippen molar-refractivity contribution in [2.24, 2.45) is 16.5 Å². The molecule has 10 heteroatoms. The lowest BCUT2D eigenvalue weighted by atomic mass is 10.1. The van der Waals surface area contributed by atoms with E-state index in [1.165, 1.54) is 0 Å². The molecule has 0 bridgehead atoms. The molecule has 0 aliphatic carbocycles. The van der Waals surface area contributed by atoms with Crippen molar-refractivity contribution in [3.8, 4) is 0 Å². The van der Waals surface area contributed by atoms with Gasteiger partial charge in [-0.2, -0.15) is 0 Å². The summed E-state index contributed by atoms with van der Waals surface area (Å²) in [4.78, 5) is 39.9. The number of anilines is 1. The Morgan fingerprint density at radius 1 is 1.06 bits per heavy atom. The van der Waals surface area contributed by atoms with Crippen LogP contribution in [0, 0.1) is 0 Å². The molecule has 2 aromatic carbocycles. The topological polar surface area (TPSA) is 172 Å². The van der Waals surface area contributed by atoms with Crippen LogP contribution in [0.25, 0.3) is 0 Å². The zero-order valence-electron chi connectivity index (χ0n) is 18.2. The van der Waals surface area contributed by atoms with E-state index in [-0.39, 0.29) is 18.3 Å². The van der Waals surface area contributed by atoms with E-state index < -0.39 is 23.6 Å². The van der Waals surface area contributed by atoms with Crippen LogP contribution in [0.1, 0.15) is 36.7 Å². The molecule has 0 aliphatic rings. The van der Waals surface area contributed by atoms with Gasteiger partial charge >= 0.3 is 12.0 Å². The Kier molecular flexibility index (Phi) is 7.78. The number of urea groups is 1. The van der Waals surface area contributed by atoms with Crippen molar-refractivity contribution in [2.45, 2.75) is 38.8 Å². The highest BCUT2D eigenvalue weighted by molar-refractivity contribution is 6.04. The lowest BCUT2D eigenvalue weighted by molar-refractivity contribution is -0.139. The van der Waals surface area contributed by atoms with E-state index in [0.29, 0.717) is 22.5 Å². The Morgan fingerprint density at radius 3 is 2.28 bits per heavy atom. The molecule has 0 aromatic heterocycles. The Hall–Kier alpha value is -4.08. The molecule has 0 fully saturated rings. The predicted octanol–water partition coefficient (Wildman–Crippen LogP) is 1.94. The van der Waals surface area contributed by atoms with Gasteiger partial charge in [0.15, 0.2) is 5.96 Å². The summed E-state index contributed by atoms with van der Waals surface area (Å²) in [5.41, 5.74) is 12.3. The zero-order valence-corrected chi connectivity index (χ0v) is 18.2. The summed E-state index contributed by atoms with van der Waals surface area (Å²) < 4.78 is 0. The smallest absolute Gasteiger partial charge is 0.326 e. The summed E-state index contributed by atoms with van der Waals surface area (Å²) in [5.74, 6) is -1.61. The second-order valence-corrected chi connectivity index (χ2v) is 8.18. The molecule has 32 heavy (non-hydrogen) atoms. The van der Waals surface area contributed by atoms with E-state index in [0.717, 1.165) is 0 Å². The number of hydrogen-bond donors (Lipinski definition) is 6. The van der Waals surface area contributed by atoms with E-state index in [4.69, 9.17) is 11.5 Å². The Labute approximate surface area is 186 Å². The maximum Gasteiger partial charge on any atom is 0.326 e. The molecule has 2 aromatic rings. The number of hydrogen-bond acceptors (Lipinski definition) is 4. The second kappa shape index (κ2) is 10.3. The number of nitrogens with one attached hydrogen (secondary N) is 3. The van der Waals surface area contributed by atoms with Crippen LogP contribution in [0.3, 0.4) is 0 Å². The van der Waals surface area contributed by atoms with Gasteiger partial charge in [0.1, 0.15) is 6.04 Å². The first-order chi connectivity index (χ1) is 14.9. The Balaban J connectivity index is 2.02. The molecule has 2 rings (SSSR count). The molecule has 8 N–H and O–H groups in total. The van der Waals surface area contributed by atoms with E-state index in [9.17, 15) is 19.5 Å². The first kappa shape index (κ1) is 24.2. The van der Waals surface area contributed by atoms with Gasteiger partial charge in [-0.25, -0.2) is 14.6 Å². The third-order valence-corrected chi connectivity index (χ3v) is 4.11. The average molecular weight is 441 g/mol. The maximum absolute atomic E-state index is 12.5. The quantitative estimate of drug-likeness (QED) is 0.283. The number of carboxylic acid groups (broad SMARTS) is 1. The fourth-order valence-electron chi connectivity index (χ4n) is 2.76. The van der Waals surface area contributed by atoms with Gasteiger partial charge < -0.3 is 32.5 Å². The van der Waals surface area contributed by atoms with Crippen LogP contribution < -0.4 is 27.4 Å². The number of carbonyl (C=O) groups is 3. The summed E-state index contributed by atoms with van der Waals surface area (Å²) in [6, 6.07) is 11.5. The highest BCUT2D eigenvalue weighted by Crippen LogP contribution is 2.17. The van der Waals surface area contributed by atoms with E-state index in [1.807, 2.05) is 0 Å². The van der Waals surface area contributed by atoms with E-state index >= 15 is 0 Å². The normalized spacial score (nSPS) is 11.7. The lowest BCUT2D eigenvalue weighted by Crippen LogP contribution is -2.52. The molecular formula is C22H28N6O4. The summed E-state index contributed by atoms with van der Waals surface area (Å²) in [6.45, 7) is 5.39. The molecule has 0 spiro atoms. The van der Waals surface area contributed by atoms with Crippen molar-refractivity contribution >= 4 is 35.2 Å². The van der Waals surface area contributed by atoms with Crippen LogP contribution >= 0.6 is 0 Å². The molecule has 170 valence electrons. The minimum atomic E-state index is -1.15. The van der Waals surface area contributed by atoms with Crippen LogP contribution in [-0.4, -0.2) is 40.6 Å². The molecule has 0 radical (unpaired) electrons. The van der Waals surface area contributed by atoms with Crippen molar-refractivity contribution < 1.29 is 19.5 Å². The van der Waals surface area contributed by atoms with Crippen LogP contribution in [0.4, 0.5) is 16.2 Å². The minimum absolute atomic E-state index is 0.0850. The zero-order chi connectivity index (χ0) is 23.9. The number of amides is 3. The van der Waals surface area contributed by atoms with Crippen molar-refractivity contribution in [3.05, 3.63) is 59.7 Å². The number of guanidine groups is 1. The molecule has 10 nitrogen and oxygen atoms in total. The first-order valence-electron chi connectivity index (χ1n) is 9.84. The monoisotopic (exact) mass is 440 g/mol. The van der Waals surface area contributed by atoms with E-state index in [1.54, 1.807) is 69.3 Å². The first-order valence-corrected chi connectivity index (χ1v) is 9.84. The van der Waals surface area contributed by atoms with Crippen molar-refractivity contribution in [3.63, 3.8) is 0 Å². The van der Waals surface area contributed by atoms with Crippen molar-refractivity contribution in [1.29, 1.82) is 0 Å². The van der Waals surface area contributed by atoms with Gasteiger partial charge in [0.2, 0.25) is 0 Å². The second-order valence-electron chi connectivity index (χ2n) is 8.18. The van der Waals surface area contributed by atoms with Gasteiger partial charge in [0.05, 0.1) is 5.69 Å². The third kappa shape index (κ3) is 7.98. The molecule has 0 saturated heterocycles. The summed E-state index contributed by atoms with van der Waals surface area (Å²) >= 11 is 0. The summed E-state index contributed by atoms with van der Waals surface area (Å²) in [7, 11) is 0. The average Bonchev–Trinajstić information content (AvgIpc) is 2.67. The standard InChI is InChI=1S/C22H28N6O4/c1-22(2,3)28-21(32)27-17(19(30)31)11-13-7-9-15(10-8-13)25-18(29)14-5-4-6-16(12-14)26-20(23)24/h4-10,12,17H,11H2,1-3H3,(H,25,29)(H,30,31)(H4,23,24,26)(H2,27,28,32)/t17-/m0/s1. The molecule has 0 aliphatic heterocycles. The third-order valence-electron chi connectivity index (χ3n) is 4.11. The fraction of sp³-hybridized carbons (Fsp3) is 0.273. The number of carboxylic acids is 1. The van der Waals surface area contributed by atoms with Crippen LogP contribution in [0.2, 0.25) is 0 Å². The molecule has 1 atom stereocenters. The molecule has 0 heterocycles. The molecule has 0 unspecified atom stereocenters. The molecule has 3 amide bonds.